The lowest BCUT2D eigenvalue weighted by molar-refractivity contribution is -0.118. The Morgan fingerprint density at radius 2 is 2.23 bits per heavy atom. The van der Waals surface area contributed by atoms with E-state index in [9.17, 15) is 9.59 Å². The van der Waals surface area contributed by atoms with Crippen molar-refractivity contribution in [2.75, 3.05) is 18.6 Å². The number of benzene rings is 1. The molecule has 0 bridgehead atoms. The molecule has 1 unspecified atom stereocenters. The Morgan fingerprint density at radius 1 is 1.45 bits per heavy atom. The molecule has 0 spiro atoms. The highest BCUT2D eigenvalue weighted by Crippen LogP contribution is 2.41. The lowest BCUT2D eigenvalue weighted by atomic mass is 9.98. The van der Waals surface area contributed by atoms with Crippen molar-refractivity contribution in [3.05, 3.63) is 23.8 Å². The fourth-order valence-electron chi connectivity index (χ4n) is 2.40. The fourth-order valence-corrected chi connectivity index (χ4v) is 2.40. The number of unbranched alkanes of at least 4 members (excludes halogenated alkanes) is 1. The Morgan fingerprint density at radius 3 is 2.86 bits per heavy atom. The van der Waals surface area contributed by atoms with Gasteiger partial charge in [-0.1, -0.05) is 13.3 Å². The van der Waals surface area contributed by atoms with Gasteiger partial charge in [0.2, 0.25) is 5.91 Å². The normalized spacial score (nSPS) is 16.1. The fraction of sp³-hybridized carbons (Fsp3) is 0.438. The molecular weight excluding hydrogens is 284 g/mol. The summed E-state index contributed by atoms with van der Waals surface area (Å²) in [5.74, 6) is -0.504. The number of nitrogens with zero attached hydrogens (tertiary/aromatic N) is 2. The van der Waals surface area contributed by atoms with Gasteiger partial charge in [0.05, 0.1) is 37.8 Å². The zero-order chi connectivity index (χ0) is 16.1. The average molecular weight is 302 g/mol. The summed E-state index contributed by atoms with van der Waals surface area (Å²) in [5.41, 5.74) is 1.09. The van der Waals surface area contributed by atoms with E-state index in [4.69, 9.17) is 14.7 Å². The van der Waals surface area contributed by atoms with Crippen LogP contribution >= 0.6 is 0 Å². The first kappa shape index (κ1) is 15.8. The molecule has 0 saturated heterocycles. The number of hydrogen-bond acceptors (Lipinski definition) is 5. The molecule has 1 aromatic rings. The van der Waals surface area contributed by atoms with Crippen LogP contribution in [0.25, 0.3) is 0 Å². The second-order valence-corrected chi connectivity index (χ2v) is 4.98. The third kappa shape index (κ3) is 2.89. The number of rotatable bonds is 5. The number of carbonyl (C=O) groups excluding carboxylic acids is 2. The summed E-state index contributed by atoms with van der Waals surface area (Å²) >= 11 is 0. The molecule has 0 aliphatic carbocycles. The van der Waals surface area contributed by atoms with E-state index in [-0.39, 0.29) is 13.0 Å². The van der Waals surface area contributed by atoms with Gasteiger partial charge in [-0.15, -0.1) is 0 Å². The van der Waals surface area contributed by atoms with Gasteiger partial charge in [-0.3, -0.25) is 4.79 Å². The van der Waals surface area contributed by atoms with Crippen LogP contribution in [0.4, 0.5) is 10.5 Å². The van der Waals surface area contributed by atoms with Crippen LogP contribution in [-0.4, -0.2) is 25.7 Å². The molecule has 0 radical (unpaired) electrons. The monoisotopic (exact) mass is 302 g/mol. The summed E-state index contributed by atoms with van der Waals surface area (Å²) in [5, 5.41) is 8.93. The molecule has 2 amide bonds. The molecule has 2 rings (SSSR count). The van der Waals surface area contributed by atoms with E-state index in [2.05, 4.69) is 0 Å². The maximum atomic E-state index is 12.5. The molecule has 0 aromatic heterocycles. The van der Waals surface area contributed by atoms with Crippen LogP contribution in [0.1, 0.15) is 37.7 Å². The van der Waals surface area contributed by atoms with Gasteiger partial charge in [0.25, 0.3) is 0 Å². The third-order valence-corrected chi connectivity index (χ3v) is 3.57. The molecule has 0 N–H and O–H groups in total. The first-order valence-electron chi connectivity index (χ1n) is 7.19. The summed E-state index contributed by atoms with van der Waals surface area (Å²) in [4.78, 5) is 25.6. The van der Waals surface area contributed by atoms with Gasteiger partial charge in [0, 0.05) is 0 Å². The summed E-state index contributed by atoms with van der Waals surface area (Å²) in [6.07, 6.45) is 0.958. The van der Waals surface area contributed by atoms with Crippen molar-refractivity contribution >= 4 is 17.7 Å². The molecule has 0 saturated carbocycles. The largest absolute Gasteiger partial charge is 0.497 e. The number of nitriles is 1. The molecule has 0 fully saturated rings. The number of methoxy groups -OCH3 is 1. The highest BCUT2D eigenvalue weighted by Gasteiger charge is 2.41. The second-order valence-electron chi connectivity index (χ2n) is 4.98. The van der Waals surface area contributed by atoms with Gasteiger partial charge >= 0.3 is 6.09 Å². The van der Waals surface area contributed by atoms with Gasteiger partial charge in [0.15, 0.2) is 0 Å². The number of imide groups is 1. The topological polar surface area (TPSA) is 79.6 Å². The number of fused-ring (bicyclic) bond motifs is 1. The van der Waals surface area contributed by atoms with Crippen molar-refractivity contribution in [1.29, 1.82) is 5.26 Å². The first-order chi connectivity index (χ1) is 10.6. The molecular formula is C16H18N2O4. The molecule has 1 aliphatic rings. The Kier molecular flexibility index (Phi) is 4.99. The van der Waals surface area contributed by atoms with Crippen LogP contribution < -0.4 is 9.64 Å². The quantitative estimate of drug-likeness (QED) is 0.781. The van der Waals surface area contributed by atoms with Crippen molar-refractivity contribution in [1.82, 2.24) is 0 Å². The number of amides is 2. The lowest BCUT2D eigenvalue weighted by Gasteiger charge is -2.15. The van der Waals surface area contributed by atoms with Crippen molar-refractivity contribution in [2.24, 2.45) is 0 Å². The Balaban J connectivity index is 2.32. The Labute approximate surface area is 129 Å². The summed E-state index contributed by atoms with van der Waals surface area (Å²) in [6.45, 7) is 2.26. The smallest absolute Gasteiger partial charge is 0.421 e. The summed E-state index contributed by atoms with van der Waals surface area (Å²) in [6, 6.07) is 7.00. The van der Waals surface area contributed by atoms with E-state index in [1.54, 1.807) is 18.2 Å². The van der Waals surface area contributed by atoms with Crippen LogP contribution in [0.2, 0.25) is 0 Å². The minimum absolute atomic E-state index is 0.0116. The predicted molar refractivity (Wildman–Crippen MR) is 79.7 cm³/mol. The van der Waals surface area contributed by atoms with E-state index >= 15 is 0 Å². The van der Waals surface area contributed by atoms with Crippen LogP contribution in [0.15, 0.2) is 18.2 Å². The van der Waals surface area contributed by atoms with Crippen LogP contribution in [-0.2, 0) is 9.53 Å². The summed E-state index contributed by atoms with van der Waals surface area (Å²) in [7, 11) is 1.52. The van der Waals surface area contributed by atoms with Gasteiger partial charge in [0.1, 0.15) is 5.75 Å². The van der Waals surface area contributed by atoms with Gasteiger partial charge < -0.3 is 9.47 Å². The zero-order valence-electron chi connectivity index (χ0n) is 12.7. The molecule has 6 heteroatoms. The third-order valence-electron chi connectivity index (χ3n) is 3.57. The van der Waals surface area contributed by atoms with E-state index in [0.29, 0.717) is 17.0 Å². The van der Waals surface area contributed by atoms with E-state index < -0.39 is 17.9 Å². The number of ether oxygens (including phenoxy) is 2. The lowest BCUT2D eigenvalue weighted by Crippen LogP contribution is -2.35. The van der Waals surface area contributed by atoms with Crippen molar-refractivity contribution in [3.8, 4) is 11.8 Å². The SMILES string of the molecule is CCCCOC(=O)N1C(=O)C(CC#N)c2cc(OC)ccc21. The molecule has 1 atom stereocenters. The molecule has 1 aliphatic heterocycles. The zero-order valence-corrected chi connectivity index (χ0v) is 12.7. The Hall–Kier alpha value is -2.55. The average Bonchev–Trinajstić information content (AvgIpc) is 2.79. The van der Waals surface area contributed by atoms with Gasteiger partial charge in [-0.2, -0.15) is 5.26 Å². The molecule has 116 valence electrons. The highest BCUT2D eigenvalue weighted by molar-refractivity contribution is 6.19. The molecule has 1 aromatic carbocycles. The van der Waals surface area contributed by atoms with E-state index in [1.165, 1.54) is 7.11 Å². The highest BCUT2D eigenvalue weighted by atomic mass is 16.6. The minimum atomic E-state index is -0.690. The summed E-state index contributed by atoms with van der Waals surface area (Å²) < 4.78 is 10.3. The molecule has 22 heavy (non-hydrogen) atoms. The van der Waals surface area contributed by atoms with Gasteiger partial charge in [-0.05, 0) is 30.2 Å². The van der Waals surface area contributed by atoms with Crippen molar-refractivity contribution in [3.63, 3.8) is 0 Å². The van der Waals surface area contributed by atoms with Crippen LogP contribution in [0.3, 0.4) is 0 Å². The van der Waals surface area contributed by atoms with Gasteiger partial charge in [-0.25, -0.2) is 9.69 Å². The van der Waals surface area contributed by atoms with Crippen molar-refractivity contribution < 1.29 is 19.1 Å². The van der Waals surface area contributed by atoms with Crippen LogP contribution in [0.5, 0.6) is 5.75 Å². The maximum Gasteiger partial charge on any atom is 0.421 e. The number of hydrogen-bond donors (Lipinski definition) is 0. The first-order valence-corrected chi connectivity index (χ1v) is 7.19. The Bertz CT molecular complexity index is 621. The van der Waals surface area contributed by atoms with E-state index in [1.807, 2.05) is 13.0 Å². The maximum absolute atomic E-state index is 12.5. The van der Waals surface area contributed by atoms with Crippen molar-refractivity contribution in [2.45, 2.75) is 32.1 Å². The number of carbonyl (C=O) groups is 2. The minimum Gasteiger partial charge on any atom is -0.497 e. The van der Waals surface area contributed by atoms with Crippen LogP contribution in [0, 0.1) is 11.3 Å². The molecule has 6 nitrogen and oxygen atoms in total. The second kappa shape index (κ2) is 6.94. The predicted octanol–water partition coefficient (Wildman–Crippen LogP) is 2.98. The molecule has 1 heterocycles. The standard InChI is InChI=1S/C16H18N2O4/c1-3-4-9-22-16(20)18-14-6-5-11(21-2)10-13(14)12(7-8-17)15(18)19/h5-6,10,12H,3-4,7,9H2,1-2H3. The number of anilines is 1. The van der Waals surface area contributed by atoms with E-state index in [0.717, 1.165) is 17.7 Å².